The molecule has 0 aliphatic rings. The second-order valence-electron chi connectivity index (χ2n) is 9.69. The van der Waals surface area contributed by atoms with Crippen molar-refractivity contribution < 1.29 is 19.1 Å². The number of unbranched alkanes of at least 4 members (excludes halogenated alkanes) is 3. The number of amides is 2. The lowest BCUT2D eigenvalue weighted by Crippen LogP contribution is -2.25. The molecule has 0 saturated heterocycles. The molecule has 1 aromatic heterocycles. The molecule has 0 saturated carbocycles. The predicted octanol–water partition coefficient (Wildman–Crippen LogP) is 5.96. The quantitative estimate of drug-likeness (QED) is 0.162. The molecular weight excluding hydrogens is 502 g/mol. The Labute approximate surface area is 235 Å². The summed E-state index contributed by atoms with van der Waals surface area (Å²) in [5.74, 6) is -0.463. The second kappa shape index (κ2) is 14.6. The molecule has 0 unspecified atom stereocenters. The monoisotopic (exact) mass is 537 g/mol. The molecule has 3 aromatic carbocycles. The molecule has 206 valence electrons. The van der Waals surface area contributed by atoms with Gasteiger partial charge in [-0.2, -0.15) is 0 Å². The van der Waals surface area contributed by atoms with Crippen LogP contribution in [0.1, 0.15) is 60.1 Å². The minimum atomic E-state index is -0.204. The first kappa shape index (κ1) is 28.5. The number of aromatic nitrogens is 1. The lowest BCUT2D eigenvalue weighted by Gasteiger charge is -2.13. The highest BCUT2D eigenvalue weighted by Crippen LogP contribution is 2.26. The summed E-state index contributed by atoms with van der Waals surface area (Å²) in [5, 5.41) is 6.73. The number of hydrogen-bond acceptors (Lipinski definition) is 5. The van der Waals surface area contributed by atoms with Crippen molar-refractivity contribution in [3.05, 3.63) is 102 Å². The van der Waals surface area contributed by atoms with Crippen LogP contribution >= 0.6 is 0 Å². The topological polar surface area (TPSA) is 97.4 Å². The number of nitrogens with zero attached hydrogens (tertiary/aromatic N) is 1. The van der Waals surface area contributed by atoms with E-state index in [0.29, 0.717) is 36.2 Å². The molecule has 2 amide bonds. The molecule has 4 rings (SSSR count). The van der Waals surface area contributed by atoms with Gasteiger partial charge in [0.15, 0.2) is 0 Å². The third-order valence-electron chi connectivity index (χ3n) is 6.74. The van der Waals surface area contributed by atoms with Gasteiger partial charge in [0, 0.05) is 24.8 Å². The van der Waals surface area contributed by atoms with Gasteiger partial charge in [-0.15, -0.1) is 0 Å². The zero-order chi connectivity index (χ0) is 28.2. The highest BCUT2D eigenvalue weighted by atomic mass is 16.5. The number of ether oxygens (including phenoxy) is 1. The van der Waals surface area contributed by atoms with Gasteiger partial charge in [0.2, 0.25) is 5.91 Å². The lowest BCUT2D eigenvalue weighted by molar-refractivity contribution is -0.140. The van der Waals surface area contributed by atoms with E-state index in [1.54, 1.807) is 6.07 Å². The zero-order valence-corrected chi connectivity index (χ0v) is 22.8. The van der Waals surface area contributed by atoms with Crippen LogP contribution < -0.4 is 10.6 Å². The molecule has 0 aliphatic heterocycles. The van der Waals surface area contributed by atoms with Crippen molar-refractivity contribution in [1.82, 2.24) is 15.6 Å². The van der Waals surface area contributed by atoms with Gasteiger partial charge in [-0.25, -0.2) is 0 Å². The Balaban J connectivity index is 1.45. The van der Waals surface area contributed by atoms with Crippen LogP contribution in [0.3, 0.4) is 0 Å². The molecule has 0 atom stereocenters. The molecule has 0 fully saturated rings. The molecule has 7 heteroatoms. The first-order chi connectivity index (χ1) is 19.5. The van der Waals surface area contributed by atoms with Crippen molar-refractivity contribution in [2.75, 3.05) is 7.11 Å². The van der Waals surface area contributed by atoms with Crippen molar-refractivity contribution >= 4 is 28.7 Å². The summed E-state index contributed by atoms with van der Waals surface area (Å²) in [6.45, 7) is 0.643. The number of hydrogen-bond donors (Lipinski definition) is 2. The first-order valence-corrected chi connectivity index (χ1v) is 13.7. The van der Waals surface area contributed by atoms with Crippen LogP contribution in [0.5, 0.6) is 0 Å². The Bertz CT molecular complexity index is 1440. The average Bonchev–Trinajstić information content (AvgIpc) is 3.00. The van der Waals surface area contributed by atoms with E-state index in [4.69, 9.17) is 4.98 Å². The molecular formula is C33H35N3O4. The summed E-state index contributed by atoms with van der Waals surface area (Å²) in [4.78, 5) is 41.8. The molecule has 0 bridgehead atoms. The van der Waals surface area contributed by atoms with Gasteiger partial charge >= 0.3 is 5.97 Å². The molecule has 0 spiro atoms. The summed E-state index contributed by atoms with van der Waals surface area (Å²) in [6, 6.07) is 27.5. The SMILES string of the molecule is COC(=O)CCCCCCC(=O)NCc1cc(C(=O)NCc2ccccc2)c2cc(-c3ccccc3)ccc2n1. The maximum atomic E-state index is 13.4. The molecule has 2 N–H and O–H groups in total. The largest absolute Gasteiger partial charge is 0.469 e. The minimum Gasteiger partial charge on any atom is -0.469 e. The van der Waals surface area contributed by atoms with Gasteiger partial charge < -0.3 is 15.4 Å². The van der Waals surface area contributed by atoms with Crippen LogP contribution in [0.4, 0.5) is 0 Å². The summed E-state index contributed by atoms with van der Waals surface area (Å²) >= 11 is 0. The van der Waals surface area contributed by atoms with Gasteiger partial charge in [-0.05, 0) is 47.7 Å². The summed E-state index contributed by atoms with van der Waals surface area (Å²) < 4.78 is 4.64. The fraction of sp³-hybridized carbons (Fsp3) is 0.273. The van der Waals surface area contributed by atoms with Crippen molar-refractivity contribution in [3.63, 3.8) is 0 Å². The van der Waals surface area contributed by atoms with E-state index in [1.165, 1.54) is 7.11 Å². The Hall–Kier alpha value is -4.52. The van der Waals surface area contributed by atoms with E-state index < -0.39 is 0 Å². The van der Waals surface area contributed by atoms with Crippen molar-refractivity contribution in [1.29, 1.82) is 0 Å². The van der Waals surface area contributed by atoms with Gasteiger partial charge in [0.25, 0.3) is 5.91 Å². The van der Waals surface area contributed by atoms with Crippen LogP contribution in [-0.2, 0) is 27.4 Å². The fourth-order valence-corrected chi connectivity index (χ4v) is 4.53. The van der Waals surface area contributed by atoms with Crippen molar-refractivity contribution in [3.8, 4) is 11.1 Å². The smallest absolute Gasteiger partial charge is 0.305 e. The first-order valence-electron chi connectivity index (χ1n) is 13.7. The second-order valence-corrected chi connectivity index (χ2v) is 9.69. The van der Waals surface area contributed by atoms with E-state index in [-0.39, 0.29) is 24.3 Å². The maximum Gasteiger partial charge on any atom is 0.305 e. The maximum absolute atomic E-state index is 13.4. The minimum absolute atomic E-state index is 0.0654. The average molecular weight is 538 g/mol. The molecule has 40 heavy (non-hydrogen) atoms. The standard InChI is InChI=1S/C33H35N3O4/c1-40-32(38)17-11-3-2-10-16-31(37)34-23-27-21-29(33(39)35-22-24-12-6-4-7-13-24)28-20-26(18-19-30(28)36-27)25-14-8-5-9-15-25/h4-9,12-15,18-21H,2-3,10-11,16-17,22-23H2,1H3,(H,34,37)(H,35,39). The Morgan fingerprint density at radius 2 is 1.43 bits per heavy atom. The van der Waals surface area contributed by atoms with Gasteiger partial charge in [0.1, 0.15) is 0 Å². The Morgan fingerprint density at radius 1 is 0.725 bits per heavy atom. The van der Waals surface area contributed by atoms with E-state index in [1.807, 2.05) is 78.9 Å². The number of methoxy groups -OCH3 is 1. The highest BCUT2D eigenvalue weighted by molar-refractivity contribution is 6.07. The summed E-state index contributed by atoms with van der Waals surface area (Å²) in [7, 11) is 1.39. The number of benzene rings is 3. The number of carbonyl (C=O) groups is 3. The molecule has 7 nitrogen and oxygen atoms in total. The summed E-state index contributed by atoms with van der Waals surface area (Å²) in [5.41, 5.74) is 4.91. The van der Waals surface area contributed by atoms with Crippen LogP contribution in [-0.4, -0.2) is 29.9 Å². The Kier molecular flexibility index (Phi) is 10.4. The summed E-state index contributed by atoms with van der Waals surface area (Å²) in [6.07, 6.45) is 4.06. The van der Waals surface area contributed by atoms with Gasteiger partial charge in [0.05, 0.1) is 30.4 Å². The van der Waals surface area contributed by atoms with E-state index in [9.17, 15) is 14.4 Å². The third-order valence-corrected chi connectivity index (χ3v) is 6.74. The highest BCUT2D eigenvalue weighted by Gasteiger charge is 2.15. The number of nitrogens with one attached hydrogen (secondary N) is 2. The van der Waals surface area contributed by atoms with Crippen LogP contribution in [0.25, 0.3) is 22.0 Å². The predicted molar refractivity (Wildman–Crippen MR) is 156 cm³/mol. The lowest BCUT2D eigenvalue weighted by atomic mass is 9.99. The van der Waals surface area contributed by atoms with Crippen LogP contribution in [0, 0.1) is 0 Å². The molecule has 0 radical (unpaired) electrons. The third kappa shape index (κ3) is 8.24. The van der Waals surface area contributed by atoms with Crippen molar-refractivity contribution in [2.24, 2.45) is 0 Å². The van der Waals surface area contributed by atoms with Gasteiger partial charge in [-0.1, -0.05) is 79.6 Å². The van der Waals surface area contributed by atoms with Crippen LogP contribution in [0.15, 0.2) is 84.9 Å². The van der Waals surface area contributed by atoms with Crippen LogP contribution in [0.2, 0.25) is 0 Å². The number of pyridine rings is 1. The number of fused-ring (bicyclic) bond motifs is 1. The van der Waals surface area contributed by atoms with Gasteiger partial charge in [-0.3, -0.25) is 19.4 Å². The molecule has 0 aliphatic carbocycles. The van der Waals surface area contributed by atoms with E-state index in [0.717, 1.165) is 47.8 Å². The Morgan fingerprint density at radius 3 is 2.15 bits per heavy atom. The number of carbonyl (C=O) groups excluding carboxylic acids is 3. The fourth-order valence-electron chi connectivity index (χ4n) is 4.53. The number of esters is 1. The zero-order valence-electron chi connectivity index (χ0n) is 22.8. The molecule has 1 heterocycles. The van der Waals surface area contributed by atoms with E-state index in [2.05, 4.69) is 15.4 Å². The van der Waals surface area contributed by atoms with Crippen molar-refractivity contribution in [2.45, 2.75) is 51.6 Å². The number of rotatable bonds is 13. The normalized spacial score (nSPS) is 10.7. The molecule has 4 aromatic rings. The van der Waals surface area contributed by atoms with E-state index >= 15 is 0 Å².